The van der Waals surface area contributed by atoms with Crippen molar-refractivity contribution in [1.82, 2.24) is 10.3 Å². The number of rotatable bonds is 4. The Kier molecular flexibility index (Phi) is 4.26. The Labute approximate surface area is 143 Å². The van der Waals surface area contributed by atoms with E-state index in [4.69, 9.17) is 0 Å². The van der Waals surface area contributed by atoms with Gasteiger partial charge in [-0.3, -0.25) is 9.52 Å². The van der Waals surface area contributed by atoms with Crippen molar-refractivity contribution in [2.24, 2.45) is 0 Å². The van der Waals surface area contributed by atoms with Crippen LogP contribution in [-0.2, 0) is 19.9 Å². The lowest BCUT2D eigenvalue weighted by molar-refractivity contribution is 0.0941. The second kappa shape index (κ2) is 5.97. The van der Waals surface area contributed by atoms with E-state index in [2.05, 4.69) is 15.0 Å². The van der Waals surface area contributed by atoms with Gasteiger partial charge in [0.2, 0.25) is 10.0 Å². The van der Waals surface area contributed by atoms with E-state index in [-0.39, 0.29) is 28.6 Å². The lowest BCUT2D eigenvalue weighted by atomic mass is 10.2. The molecule has 0 aliphatic carbocycles. The molecule has 1 amide bonds. The number of carbonyl (C=O) groups excluding carboxylic acids is 1. The molecule has 0 radical (unpaired) electrons. The molecule has 0 unspecified atom stereocenters. The van der Waals surface area contributed by atoms with Gasteiger partial charge in [-0.2, -0.15) is 0 Å². The maximum absolute atomic E-state index is 12.3. The molecule has 1 aliphatic heterocycles. The summed E-state index contributed by atoms with van der Waals surface area (Å²) in [5.41, 5.74) is 0.951. The average Bonchev–Trinajstić information content (AvgIpc) is 2.98. The number of hydrogen-bond donors (Lipinski definition) is 2. The van der Waals surface area contributed by atoms with Crippen molar-refractivity contribution in [3.63, 3.8) is 0 Å². The number of nitrogens with one attached hydrogen (secondary N) is 2. The first-order chi connectivity index (χ1) is 11.1. The van der Waals surface area contributed by atoms with Gasteiger partial charge in [-0.1, -0.05) is 11.3 Å². The predicted octanol–water partition coefficient (Wildman–Crippen LogP) is 0.585. The zero-order chi connectivity index (χ0) is 17.5. The molecule has 0 saturated carbocycles. The Morgan fingerprint density at radius 2 is 2.12 bits per heavy atom. The van der Waals surface area contributed by atoms with Crippen LogP contribution in [0.4, 0.5) is 5.13 Å². The van der Waals surface area contributed by atoms with Crippen molar-refractivity contribution in [3.05, 3.63) is 23.8 Å². The third-order valence-corrected chi connectivity index (χ3v) is 6.89. The number of hydrogen-bond acceptors (Lipinski definition) is 7. The highest BCUT2D eigenvalue weighted by atomic mass is 32.2. The van der Waals surface area contributed by atoms with E-state index < -0.39 is 19.9 Å². The molecule has 0 spiro atoms. The van der Waals surface area contributed by atoms with Crippen molar-refractivity contribution in [2.45, 2.75) is 12.5 Å². The fourth-order valence-electron chi connectivity index (χ4n) is 2.45. The van der Waals surface area contributed by atoms with Gasteiger partial charge in [-0.15, -0.1) is 0 Å². The predicted molar refractivity (Wildman–Crippen MR) is 92.6 cm³/mol. The van der Waals surface area contributed by atoms with E-state index in [1.165, 1.54) is 0 Å². The van der Waals surface area contributed by atoms with Gasteiger partial charge in [-0.25, -0.2) is 21.8 Å². The Bertz CT molecular complexity index is 1010. The zero-order valence-corrected chi connectivity index (χ0v) is 15.1. The molecule has 1 saturated heterocycles. The molecular formula is C13H15N3O5S3. The molecule has 11 heteroatoms. The Balaban J connectivity index is 1.78. The molecule has 3 rings (SSSR count). The molecule has 1 aliphatic rings. The second-order valence-corrected chi connectivity index (χ2v) is 10.7. The Morgan fingerprint density at radius 1 is 1.38 bits per heavy atom. The number of nitrogens with zero attached hydrogens (tertiary/aromatic N) is 1. The second-order valence-electron chi connectivity index (χ2n) is 5.65. The molecule has 8 nitrogen and oxygen atoms in total. The summed E-state index contributed by atoms with van der Waals surface area (Å²) in [5, 5.41) is 2.94. The molecule has 1 fully saturated rings. The van der Waals surface area contributed by atoms with Crippen LogP contribution in [0.25, 0.3) is 10.2 Å². The molecule has 2 heterocycles. The van der Waals surface area contributed by atoms with Crippen molar-refractivity contribution in [1.29, 1.82) is 0 Å². The maximum atomic E-state index is 12.3. The number of anilines is 1. The molecule has 2 aromatic rings. The highest BCUT2D eigenvalue weighted by Gasteiger charge is 2.29. The highest BCUT2D eigenvalue weighted by molar-refractivity contribution is 7.92. The standard InChI is InChI=1S/C13H15N3O5S3/c1-23(18,19)16-13-15-10-3-2-8(6-11(10)22-13)12(17)14-9-4-5-24(20,21)7-9/h2-3,6,9H,4-5,7H2,1H3,(H,14,17)(H,15,16)/t9-/m1/s1. The number of sulfone groups is 1. The number of carbonyl (C=O) groups is 1. The molecule has 1 atom stereocenters. The minimum absolute atomic E-state index is 0.0377. The van der Waals surface area contributed by atoms with Crippen LogP contribution in [0.1, 0.15) is 16.8 Å². The van der Waals surface area contributed by atoms with E-state index in [1.807, 2.05) is 0 Å². The number of aromatic nitrogens is 1. The van der Waals surface area contributed by atoms with E-state index in [0.29, 0.717) is 22.2 Å². The van der Waals surface area contributed by atoms with Gasteiger partial charge >= 0.3 is 0 Å². The van der Waals surface area contributed by atoms with Gasteiger partial charge in [0.05, 0.1) is 28.0 Å². The van der Waals surface area contributed by atoms with Crippen LogP contribution in [-0.4, -0.2) is 51.5 Å². The summed E-state index contributed by atoms with van der Waals surface area (Å²) in [5.74, 6) is -0.305. The van der Waals surface area contributed by atoms with Crippen LogP contribution in [0, 0.1) is 0 Å². The van der Waals surface area contributed by atoms with E-state index >= 15 is 0 Å². The summed E-state index contributed by atoms with van der Waals surface area (Å²) in [6, 6.07) is 4.44. The van der Waals surface area contributed by atoms with Crippen LogP contribution in [0.2, 0.25) is 0 Å². The largest absolute Gasteiger partial charge is 0.348 e. The van der Waals surface area contributed by atoms with Crippen LogP contribution in [0.3, 0.4) is 0 Å². The Hall–Kier alpha value is -1.72. The fraction of sp³-hybridized carbons (Fsp3) is 0.385. The van der Waals surface area contributed by atoms with Crippen molar-refractivity contribution >= 4 is 52.5 Å². The first-order valence-electron chi connectivity index (χ1n) is 7.01. The van der Waals surface area contributed by atoms with E-state index in [0.717, 1.165) is 17.6 Å². The summed E-state index contributed by atoms with van der Waals surface area (Å²) in [6.07, 6.45) is 1.45. The summed E-state index contributed by atoms with van der Waals surface area (Å²) in [6.45, 7) is 0. The first-order valence-corrected chi connectivity index (χ1v) is 11.5. The lowest BCUT2D eigenvalue weighted by Crippen LogP contribution is -2.35. The summed E-state index contributed by atoms with van der Waals surface area (Å²) in [7, 11) is -6.48. The smallest absolute Gasteiger partial charge is 0.251 e. The number of sulfonamides is 1. The van der Waals surface area contributed by atoms with Crippen LogP contribution < -0.4 is 10.0 Å². The van der Waals surface area contributed by atoms with Crippen LogP contribution in [0.15, 0.2) is 18.2 Å². The Morgan fingerprint density at radius 3 is 2.75 bits per heavy atom. The van der Waals surface area contributed by atoms with Gasteiger partial charge < -0.3 is 5.32 Å². The highest BCUT2D eigenvalue weighted by Crippen LogP contribution is 2.27. The average molecular weight is 389 g/mol. The van der Waals surface area contributed by atoms with Crippen molar-refractivity contribution in [2.75, 3.05) is 22.5 Å². The zero-order valence-electron chi connectivity index (χ0n) is 12.6. The fourth-order valence-corrected chi connectivity index (χ4v) is 5.86. The number of thiazole rings is 1. The van der Waals surface area contributed by atoms with Crippen molar-refractivity contribution < 1.29 is 21.6 Å². The minimum Gasteiger partial charge on any atom is -0.348 e. The summed E-state index contributed by atoms with van der Waals surface area (Å²) < 4.78 is 48.3. The minimum atomic E-state index is -3.42. The van der Waals surface area contributed by atoms with E-state index in [9.17, 15) is 21.6 Å². The molecule has 24 heavy (non-hydrogen) atoms. The topological polar surface area (TPSA) is 122 Å². The van der Waals surface area contributed by atoms with Crippen molar-refractivity contribution in [3.8, 4) is 0 Å². The molecule has 1 aromatic heterocycles. The molecule has 130 valence electrons. The molecule has 1 aromatic carbocycles. The third-order valence-electron chi connectivity index (χ3n) is 3.49. The molecule has 0 bridgehead atoms. The monoisotopic (exact) mass is 389 g/mol. The first kappa shape index (κ1) is 17.1. The van der Waals surface area contributed by atoms with Crippen LogP contribution in [0.5, 0.6) is 0 Å². The normalized spacial score (nSPS) is 20.1. The molecular weight excluding hydrogens is 374 g/mol. The SMILES string of the molecule is CS(=O)(=O)Nc1nc2ccc(C(=O)N[C@@H]3CCS(=O)(=O)C3)cc2s1. The summed E-state index contributed by atoms with van der Waals surface area (Å²) in [4.78, 5) is 16.4. The quantitative estimate of drug-likeness (QED) is 0.789. The lowest BCUT2D eigenvalue weighted by Gasteiger charge is -2.10. The van der Waals surface area contributed by atoms with Gasteiger partial charge in [-0.05, 0) is 24.6 Å². The van der Waals surface area contributed by atoms with Crippen LogP contribution >= 0.6 is 11.3 Å². The van der Waals surface area contributed by atoms with Gasteiger partial charge in [0.15, 0.2) is 15.0 Å². The molecule has 2 N–H and O–H groups in total. The number of amides is 1. The maximum Gasteiger partial charge on any atom is 0.251 e. The van der Waals surface area contributed by atoms with E-state index in [1.54, 1.807) is 18.2 Å². The van der Waals surface area contributed by atoms with Gasteiger partial charge in [0.1, 0.15) is 0 Å². The summed E-state index contributed by atoms with van der Waals surface area (Å²) >= 11 is 1.12. The third kappa shape index (κ3) is 4.02. The number of fused-ring (bicyclic) bond motifs is 1. The van der Waals surface area contributed by atoms with Gasteiger partial charge in [0, 0.05) is 11.6 Å². The number of benzene rings is 1. The van der Waals surface area contributed by atoms with Gasteiger partial charge in [0.25, 0.3) is 5.91 Å².